The van der Waals surface area contributed by atoms with Crippen LogP contribution in [0.2, 0.25) is 0 Å². The fourth-order valence-electron chi connectivity index (χ4n) is 2.27. The highest BCUT2D eigenvalue weighted by molar-refractivity contribution is 7.99. The van der Waals surface area contributed by atoms with Gasteiger partial charge in [0.1, 0.15) is 0 Å². The second-order valence-electron chi connectivity index (χ2n) is 4.63. The second-order valence-corrected chi connectivity index (χ2v) is 6.24. The molecule has 2 aromatic carbocycles. The van der Waals surface area contributed by atoms with Crippen LogP contribution in [-0.2, 0) is 12.6 Å². The zero-order valence-corrected chi connectivity index (χ0v) is 11.8. The van der Waals surface area contributed by atoms with Gasteiger partial charge in [0.2, 0.25) is 0 Å². The van der Waals surface area contributed by atoms with E-state index in [1.807, 2.05) is 24.3 Å². The van der Waals surface area contributed by atoms with Gasteiger partial charge in [-0.3, -0.25) is 0 Å². The molecule has 0 saturated heterocycles. The molecule has 0 bridgehead atoms. The number of benzene rings is 2. The summed E-state index contributed by atoms with van der Waals surface area (Å²) in [6.07, 6.45) is -3.91. The third-order valence-electron chi connectivity index (χ3n) is 3.26. The summed E-state index contributed by atoms with van der Waals surface area (Å²) in [5.41, 5.74) is 1.01. The Balaban J connectivity index is 2.07. The van der Waals surface area contributed by atoms with Crippen molar-refractivity contribution in [3.05, 3.63) is 59.2 Å². The Labute approximate surface area is 124 Å². The Morgan fingerprint density at radius 1 is 1.05 bits per heavy atom. The zero-order valence-electron chi connectivity index (χ0n) is 10.2. The monoisotopic (exact) mass is 314 g/mol. The fourth-order valence-corrected chi connectivity index (χ4v) is 3.81. The lowest BCUT2D eigenvalue weighted by Gasteiger charge is -2.12. The minimum atomic E-state index is -4.32. The van der Waals surface area contributed by atoms with Gasteiger partial charge in [0.15, 0.2) is 0 Å². The predicted octanol–water partition coefficient (Wildman–Crippen LogP) is 5.69. The van der Waals surface area contributed by atoms with E-state index in [0.717, 1.165) is 21.4 Å². The largest absolute Gasteiger partial charge is 0.416 e. The van der Waals surface area contributed by atoms with E-state index >= 15 is 0 Å². The summed E-state index contributed by atoms with van der Waals surface area (Å²) in [7, 11) is 0. The van der Waals surface area contributed by atoms with E-state index < -0.39 is 11.7 Å². The Morgan fingerprint density at radius 3 is 2.55 bits per heavy atom. The molecule has 0 radical (unpaired) electrons. The van der Waals surface area contributed by atoms with Crippen molar-refractivity contribution < 1.29 is 13.2 Å². The van der Waals surface area contributed by atoms with Gasteiger partial charge in [-0.15, -0.1) is 11.6 Å². The first-order chi connectivity index (χ1) is 9.45. The van der Waals surface area contributed by atoms with E-state index in [2.05, 4.69) is 0 Å². The molecule has 1 heterocycles. The number of halogens is 4. The molecule has 0 spiro atoms. The maximum Gasteiger partial charge on any atom is 0.416 e. The molecule has 1 aliphatic heterocycles. The van der Waals surface area contributed by atoms with Crippen molar-refractivity contribution in [1.29, 1.82) is 0 Å². The van der Waals surface area contributed by atoms with Crippen molar-refractivity contribution in [2.75, 3.05) is 0 Å². The van der Waals surface area contributed by atoms with Crippen LogP contribution in [0.4, 0.5) is 13.2 Å². The SMILES string of the molecule is FC(F)(F)c1ccc2c(c1)CC(Cl)c1ccccc1S2. The van der Waals surface area contributed by atoms with Crippen LogP contribution in [-0.4, -0.2) is 0 Å². The van der Waals surface area contributed by atoms with Crippen LogP contribution >= 0.6 is 23.4 Å². The van der Waals surface area contributed by atoms with Gasteiger partial charge in [-0.25, -0.2) is 0 Å². The maximum atomic E-state index is 12.8. The maximum absolute atomic E-state index is 12.8. The lowest BCUT2D eigenvalue weighted by atomic mass is 10.0. The number of hydrogen-bond donors (Lipinski definition) is 0. The summed E-state index contributed by atoms with van der Waals surface area (Å²) >= 11 is 7.83. The average Bonchev–Trinajstić information content (AvgIpc) is 2.53. The Morgan fingerprint density at radius 2 is 1.80 bits per heavy atom. The third kappa shape index (κ3) is 2.54. The molecule has 1 atom stereocenters. The smallest absolute Gasteiger partial charge is 0.166 e. The normalized spacial score (nSPS) is 18.1. The van der Waals surface area contributed by atoms with Crippen molar-refractivity contribution >= 4 is 23.4 Å². The summed E-state index contributed by atoms with van der Waals surface area (Å²) in [6, 6.07) is 11.6. The first kappa shape index (κ1) is 13.8. The average molecular weight is 315 g/mol. The molecule has 0 nitrogen and oxygen atoms in total. The zero-order chi connectivity index (χ0) is 14.3. The van der Waals surface area contributed by atoms with Crippen molar-refractivity contribution in [2.45, 2.75) is 27.8 Å². The molecule has 5 heteroatoms. The van der Waals surface area contributed by atoms with Gasteiger partial charge in [-0.1, -0.05) is 30.0 Å². The van der Waals surface area contributed by atoms with Crippen LogP contribution < -0.4 is 0 Å². The molecule has 20 heavy (non-hydrogen) atoms. The van der Waals surface area contributed by atoms with Crippen LogP contribution in [0, 0.1) is 0 Å². The number of alkyl halides is 4. The second kappa shape index (κ2) is 5.01. The summed E-state index contributed by atoms with van der Waals surface area (Å²) in [4.78, 5) is 1.85. The molecule has 0 fully saturated rings. The van der Waals surface area contributed by atoms with Crippen molar-refractivity contribution in [3.8, 4) is 0 Å². The molecule has 2 aromatic rings. The number of fused-ring (bicyclic) bond motifs is 2. The molecular weight excluding hydrogens is 305 g/mol. The summed E-state index contributed by atoms with van der Waals surface area (Å²) in [5.74, 6) is 0. The Kier molecular flexibility index (Phi) is 3.46. The van der Waals surface area contributed by atoms with Crippen molar-refractivity contribution in [3.63, 3.8) is 0 Å². The van der Waals surface area contributed by atoms with Gasteiger partial charge in [-0.2, -0.15) is 13.2 Å². The van der Waals surface area contributed by atoms with Crippen molar-refractivity contribution in [2.24, 2.45) is 0 Å². The third-order valence-corrected chi connectivity index (χ3v) is 4.86. The molecule has 1 unspecified atom stereocenters. The van der Waals surface area contributed by atoms with E-state index in [9.17, 15) is 13.2 Å². The standard InChI is InChI=1S/C15H10ClF3S/c16-12-8-9-7-10(15(17,18)19)5-6-13(9)20-14-4-2-1-3-11(12)14/h1-7,12H,8H2. The molecule has 0 aromatic heterocycles. The molecule has 104 valence electrons. The van der Waals surface area contributed by atoms with Gasteiger partial charge >= 0.3 is 6.18 Å². The fraction of sp³-hybridized carbons (Fsp3) is 0.200. The van der Waals surface area contributed by atoms with Crippen LogP contribution in [0.3, 0.4) is 0 Å². The highest BCUT2D eigenvalue weighted by Gasteiger charge is 2.32. The van der Waals surface area contributed by atoms with Gasteiger partial charge in [-0.05, 0) is 41.8 Å². The highest BCUT2D eigenvalue weighted by atomic mass is 35.5. The van der Waals surface area contributed by atoms with E-state index in [1.54, 1.807) is 0 Å². The summed E-state index contributed by atoms with van der Waals surface area (Å²) in [6.45, 7) is 0. The van der Waals surface area contributed by atoms with Gasteiger partial charge in [0.25, 0.3) is 0 Å². The number of hydrogen-bond acceptors (Lipinski definition) is 1. The highest BCUT2D eigenvalue weighted by Crippen LogP contribution is 2.44. The minimum Gasteiger partial charge on any atom is -0.166 e. The van der Waals surface area contributed by atoms with Crippen LogP contribution in [0.25, 0.3) is 0 Å². The molecular formula is C15H10ClF3S. The Hall–Kier alpha value is -1.13. The lowest BCUT2D eigenvalue weighted by Crippen LogP contribution is -2.06. The van der Waals surface area contributed by atoms with E-state index in [0.29, 0.717) is 12.0 Å². The lowest BCUT2D eigenvalue weighted by molar-refractivity contribution is -0.137. The van der Waals surface area contributed by atoms with Crippen LogP contribution in [0.5, 0.6) is 0 Å². The molecule has 0 N–H and O–H groups in total. The molecule has 1 aliphatic rings. The first-order valence-electron chi connectivity index (χ1n) is 6.06. The van der Waals surface area contributed by atoms with Gasteiger partial charge in [0, 0.05) is 9.79 Å². The van der Waals surface area contributed by atoms with Crippen molar-refractivity contribution in [1.82, 2.24) is 0 Å². The van der Waals surface area contributed by atoms with Crippen LogP contribution in [0.15, 0.2) is 52.3 Å². The van der Waals surface area contributed by atoms with Crippen LogP contribution in [0.1, 0.15) is 22.1 Å². The van der Waals surface area contributed by atoms with E-state index in [1.165, 1.54) is 23.9 Å². The molecule has 0 saturated carbocycles. The van der Waals surface area contributed by atoms with E-state index in [4.69, 9.17) is 11.6 Å². The summed E-state index contributed by atoms with van der Waals surface area (Å²) in [5, 5.41) is -0.302. The number of rotatable bonds is 0. The topological polar surface area (TPSA) is 0 Å². The first-order valence-corrected chi connectivity index (χ1v) is 7.31. The molecule has 3 rings (SSSR count). The summed E-state index contributed by atoms with van der Waals surface area (Å²) < 4.78 is 38.3. The minimum absolute atomic E-state index is 0.302. The quantitative estimate of drug-likeness (QED) is 0.563. The van der Waals surface area contributed by atoms with E-state index in [-0.39, 0.29) is 5.38 Å². The predicted molar refractivity (Wildman–Crippen MR) is 74.3 cm³/mol. The van der Waals surface area contributed by atoms with Gasteiger partial charge in [0.05, 0.1) is 10.9 Å². The van der Waals surface area contributed by atoms with Gasteiger partial charge < -0.3 is 0 Å². The molecule has 0 amide bonds. The molecule has 0 aliphatic carbocycles. The Bertz CT molecular complexity index is 652.